The highest BCUT2D eigenvalue weighted by Gasteiger charge is 2.26. The molecule has 9 nitrogen and oxygen atoms in total. The molecule has 28 heavy (non-hydrogen) atoms. The Hall–Kier alpha value is -3.88. The summed E-state index contributed by atoms with van der Waals surface area (Å²) in [7, 11) is 0. The first-order valence-corrected chi connectivity index (χ1v) is 8.56. The van der Waals surface area contributed by atoms with Gasteiger partial charge in [-0.25, -0.2) is 9.67 Å². The summed E-state index contributed by atoms with van der Waals surface area (Å²) < 4.78 is 1.35. The summed E-state index contributed by atoms with van der Waals surface area (Å²) in [6.07, 6.45) is 5.23. The zero-order valence-corrected chi connectivity index (χ0v) is 14.9. The Morgan fingerprint density at radius 1 is 1.00 bits per heavy atom. The maximum absolute atomic E-state index is 12.7. The SMILES string of the molecule is NC(=O)C(=O)C(CCc1ccccn1)NC(=O)c1ccnn1-c1ccccn1. The van der Waals surface area contributed by atoms with Gasteiger partial charge in [-0.1, -0.05) is 12.1 Å². The Morgan fingerprint density at radius 3 is 2.39 bits per heavy atom. The zero-order chi connectivity index (χ0) is 19.9. The molecule has 1 unspecified atom stereocenters. The van der Waals surface area contributed by atoms with Crippen molar-refractivity contribution >= 4 is 17.6 Å². The molecule has 142 valence electrons. The Balaban J connectivity index is 1.77. The first-order chi connectivity index (χ1) is 13.6. The number of aryl methyl sites for hydroxylation is 1. The molecular weight excluding hydrogens is 360 g/mol. The van der Waals surface area contributed by atoms with Crippen LogP contribution in [0.2, 0.25) is 0 Å². The molecule has 0 spiro atoms. The second kappa shape index (κ2) is 8.67. The van der Waals surface area contributed by atoms with Gasteiger partial charge in [0.1, 0.15) is 5.69 Å². The standard InChI is InChI=1S/C19H18N6O3/c20-18(27)17(26)14(8-7-13-5-1-3-10-21-13)24-19(28)15-9-12-23-25(15)16-6-2-4-11-22-16/h1-6,9-12,14H,7-8H2,(H2,20,27)(H,24,28). The monoisotopic (exact) mass is 378 g/mol. The maximum atomic E-state index is 12.7. The second-order valence-corrected chi connectivity index (χ2v) is 5.93. The lowest BCUT2D eigenvalue weighted by molar-refractivity contribution is -0.137. The highest BCUT2D eigenvalue weighted by molar-refractivity contribution is 6.37. The Labute approximate surface area is 160 Å². The lowest BCUT2D eigenvalue weighted by Crippen LogP contribution is -2.46. The van der Waals surface area contributed by atoms with Crippen molar-refractivity contribution in [1.82, 2.24) is 25.1 Å². The number of carbonyl (C=O) groups is 3. The van der Waals surface area contributed by atoms with Crippen molar-refractivity contribution in [2.45, 2.75) is 18.9 Å². The quantitative estimate of drug-likeness (QED) is 0.547. The first-order valence-electron chi connectivity index (χ1n) is 8.56. The van der Waals surface area contributed by atoms with E-state index >= 15 is 0 Å². The van der Waals surface area contributed by atoms with Crippen LogP contribution in [-0.2, 0) is 16.0 Å². The molecule has 0 saturated carbocycles. The van der Waals surface area contributed by atoms with E-state index < -0.39 is 23.6 Å². The summed E-state index contributed by atoms with van der Waals surface area (Å²) in [5.41, 5.74) is 6.05. The molecule has 3 aromatic heterocycles. The first kappa shape index (κ1) is 18.9. The Kier molecular flexibility index (Phi) is 5.85. The van der Waals surface area contributed by atoms with E-state index in [1.807, 2.05) is 6.07 Å². The minimum absolute atomic E-state index is 0.179. The average molecular weight is 378 g/mol. The number of ketones is 1. The molecule has 1 atom stereocenters. The van der Waals surface area contributed by atoms with E-state index in [4.69, 9.17) is 5.73 Å². The molecule has 0 aliphatic rings. The van der Waals surface area contributed by atoms with Gasteiger partial charge in [0.25, 0.3) is 11.8 Å². The molecule has 2 amide bonds. The topological polar surface area (TPSA) is 133 Å². The van der Waals surface area contributed by atoms with Crippen molar-refractivity contribution in [3.63, 3.8) is 0 Å². The van der Waals surface area contributed by atoms with Crippen LogP contribution in [0.4, 0.5) is 0 Å². The summed E-state index contributed by atoms with van der Waals surface area (Å²) in [5, 5.41) is 6.67. The number of Topliss-reactive ketones (excluding diaryl/α,β-unsaturated/α-hetero) is 1. The summed E-state index contributed by atoms with van der Waals surface area (Å²) in [5.74, 6) is -2.09. The van der Waals surface area contributed by atoms with Crippen LogP contribution in [-0.4, -0.2) is 43.4 Å². The molecule has 0 bridgehead atoms. The minimum atomic E-state index is -1.11. The van der Waals surface area contributed by atoms with E-state index in [1.54, 1.807) is 42.7 Å². The van der Waals surface area contributed by atoms with Gasteiger partial charge in [-0.05, 0) is 43.2 Å². The van der Waals surface area contributed by atoms with E-state index in [2.05, 4.69) is 20.4 Å². The molecule has 3 heterocycles. The van der Waals surface area contributed by atoms with Crippen LogP contribution in [0.3, 0.4) is 0 Å². The largest absolute Gasteiger partial charge is 0.363 e. The number of primary amides is 1. The van der Waals surface area contributed by atoms with Gasteiger partial charge in [-0.15, -0.1) is 0 Å². The fourth-order valence-corrected chi connectivity index (χ4v) is 2.65. The summed E-state index contributed by atoms with van der Waals surface area (Å²) in [6.45, 7) is 0. The number of nitrogens with zero attached hydrogens (tertiary/aromatic N) is 4. The normalized spacial score (nSPS) is 11.6. The van der Waals surface area contributed by atoms with E-state index in [-0.39, 0.29) is 12.1 Å². The zero-order valence-electron chi connectivity index (χ0n) is 14.9. The number of rotatable bonds is 8. The molecule has 0 fully saturated rings. The third-order valence-corrected chi connectivity index (χ3v) is 4.02. The highest BCUT2D eigenvalue weighted by Crippen LogP contribution is 2.09. The number of carbonyl (C=O) groups excluding carboxylic acids is 3. The van der Waals surface area contributed by atoms with Crippen molar-refractivity contribution < 1.29 is 14.4 Å². The maximum Gasteiger partial charge on any atom is 0.287 e. The number of hydrogen-bond acceptors (Lipinski definition) is 6. The number of pyridine rings is 2. The molecule has 3 aromatic rings. The smallest absolute Gasteiger partial charge is 0.287 e. The van der Waals surface area contributed by atoms with Gasteiger partial charge in [0.15, 0.2) is 5.82 Å². The van der Waals surface area contributed by atoms with Crippen LogP contribution in [0.25, 0.3) is 5.82 Å². The van der Waals surface area contributed by atoms with Gasteiger partial charge in [-0.3, -0.25) is 19.4 Å². The van der Waals surface area contributed by atoms with Gasteiger partial charge < -0.3 is 11.1 Å². The molecule has 0 radical (unpaired) electrons. The van der Waals surface area contributed by atoms with Gasteiger partial charge in [0, 0.05) is 18.1 Å². The van der Waals surface area contributed by atoms with Crippen LogP contribution < -0.4 is 11.1 Å². The van der Waals surface area contributed by atoms with Gasteiger partial charge >= 0.3 is 0 Å². The average Bonchev–Trinajstić information content (AvgIpc) is 3.22. The lowest BCUT2D eigenvalue weighted by Gasteiger charge is -2.16. The van der Waals surface area contributed by atoms with Crippen molar-refractivity contribution in [2.24, 2.45) is 5.73 Å². The second-order valence-electron chi connectivity index (χ2n) is 5.93. The number of nitrogens with one attached hydrogen (secondary N) is 1. The number of aromatic nitrogens is 4. The third-order valence-electron chi connectivity index (χ3n) is 4.02. The van der Waals surface area contributed by atoms with Crippen molar-refractivity contribution in [1.29, 1.82) is 0 Å². The number of hydrogen-bond donors (Lipinski definition) is 2. The van der Waals surface area contributed by atoms with Crippen LogP contribution >= 0.6 is 0 Å². The third kappa shape index (κ3) is 4.44. The predicted octanol–water partition coefficient (Wildman–Crippen LogP) is 0.448. The van der Waals surface area contributed by atoms with Gasteiger partial charge in [-0.2, -0.15) is 5.10 Å². The Morgan fingerprint density at radius 2 is 1.75 bits per heavy atom. The number of nitrogens with two attached hydrogens (primary N) is 1. The summed E-state index contributed by atoms with van der Waals surface area (Å²) in [6, 6.07) is 11.0. The predicted molar refractivity (Wildman–Crippen MR) is 99.4 cm³/mol. The van der Waals surface area contributed by atoms with Crippen molar-refractivity contribution in [2.75, 3.05) is 0 Å². The molecule has 3 rings (SSSR count). The van der Waals surface area contributed by atoms with Gasteiger partial charge in [0.05, 0.1) is 12.2 Å². The van der Waals surface area contributed by atoms with Gasteiger partial charge in [0.2, 0.25) is 5.78 Å². The summed E-state index contributed by atoms with van der Waals surface area (Å²) >= 11 is 0. The van der Waals surface area contributed by atoms with Crippen LogP contribution in [0.5, 0.6) is 0 Å². The molecule has 0 aliphatic heterocycles. The van der Waals surface area contributed by atoms with Crippen molar-refractivity contribution in [3.05, 3.63) is 72.4 Å². The van der Waals surface area contributed by atoms with E-state index in [1.165, 1.54) is 16.9 Å². The highest BCUT2D eigenvalue weighted by atomic mass is 16.2. The fraction of sp³-hybridized carbons (Fsp3) is 0.158. The molecule has 9 heteroatoms. The van der Waals surface area contributed by atoms with E-state index in [0.29, 0.717) is 12.2 Å². The molecule has 0 aliphatic carbocycles. The lowest BCUT2D eigenvalue weighted by atomic mass is 10.0. The molecule has 0 aromatic carbocycles. The van der Waals surface area contributed by atoms with Crippen molar-refractivity contribution in [3.8, 4) is 5.82 Å². The molecular formula is C19H18N6O3. The van der Waals surface area contributed by atoms with E-state index in [9.17, 15) is 14.4 Å². The van der Waals surface area contributed by atoms with E-state index in [0.717, 1.165) is 5.69 Å². The molecule has 0 saturated heterocycles. The summed E-state index contributed by atoms with van der Waals surface area (Å²) in [4.78, 5) is 44.6. The molecule has 3 N–H and O–H groups in total. The fourth-order valence-electron chi connectivity index (χ4n) is 2.65. The van der Waals surface area contributed by atoms with Crippen LogP contribution in [0.1, 0.15) is 22.6 Å². The Bertz CT molecular complexity index is 972. The minimum Gasteiger partial charge on any atom is -0.363 e. The van der Waals surface area contributed by atoms with Crippen LogP contribution in [0, 0.1) is 0 Å². The number of amides is 2. The van der Waals surface area contributed by atoms with Crippen LogP contribution in [0.15, 0.2) is 61.1 Å².